The van der Waals surface area contributed by atoms with Crippen molar-refractivity contribution in [1.29, 1.82) is 0 Å². The van der Waals surface area contributed by atoms with Crippen molar-refractivity contribution < 1.29 is 44.6 Å². The third-order valence-electron chi connectivity index (χ3n) is 3.08. The summed E-state index contributed by atoms with van der Waals surface area (Å²) in [5, 5.41) is 19.4. The van der Waals surface area contributed by atoms with Gasteiger partial charge in [0.25, 0.3) is 0 Å². The van der Waals surface area contributed by atoms with Crippen molar-refractivity contribution in [1.82, 2.24) is 0 Å². The van der Waals surface area contributed by atoms with E-state index in [-0.39, 0.29) is 48.0 Å². The zero-order chi connectivity index (χ0) is 9.73. The first-order chi connectivity index (χ1) is 6.18. The fourth-order valence-electron chi connectivity index (χ4n) is 2.36. The summed E-state index contributed by atoms with van der Waals surface area (Å²) >= 11 is 0. The number of hydrogen-bond acceptors (Lipinski definition) is 3. The normalized spacial score (nSPS) is 19.8. The summed E-state index contributed by atoms with van der Waals surface area (Å²) < 4.78 is 0. The Morgan fingerprint density at radius 1 is 1.29 bits per heavy atom. The van der Waals surface area contributed by atoms with Gasteiger partial charge in [-0.2, -0.15) is 0 Å². The van der Waals surface area contributed by atoms with Gasteiger partial charge in [-0.1, -0.05) is 19.3 Å². The predicted molar refractivity (Wildman–Crippen MR) is 46.8 cm³/mol. The molecule has 0 atom stereocenters. The topological polar surface area (TPSA) is 60.4 Å². The van der Waals surface area contributed by atoms with Crippen LogP contribution >= 0.6 is 0 Å². The first kappa shape index (κ1) is 14.4. The Bertz CT molecular complexity index is 171. The molecule has 0 saturated heterocycles. The van der Waals surface area contributed by atoms with E-state index in [4.69, 9.17) is 5.11 Å². The summed E-state index contributed by atoms with van der Waals surface area (Å²) in [5.74, 6) is -0.977. The van der Waals surface area contributed by atoms with Crippen molar-refractivity contribution in [2.45, 2.75) is 44.9 Å². The molecule has 3 nitrogen and oxygen atoms in total. The second kappa shape index (κ2) is 6.83. The van der Waals surface area contributed by atoms with Gasteiger partial charge in [0.2, 0.25) is 0 Å². The molecular weight excluding hydrogens is 191 g/mol. The first-order valence-corrected chi connectivity index (χ1v) is 4.99. The van der Waals surface area contributed by atoms with Crippen LogP contribution < -0.4 is 34.7 Å². The van der Waals surface area contributed by atoms with Crippen LogP contribution in [0, 0.1) is 5.41 Å². The summed E-state index contributed by atoms with van der Waals surface area (Å²) in [7, 11) is 0. The van der Waals surface area contributed by atoms with Gasteiger partial charge < -0.3 is 15.0 Å². The first-order valence-electron chi connectivity index (χ1n) is 4.99. The molecule has 0 heterocycles. The Kier molecular flexibility index (Phi) is 7.04. The van der Waals surface area contributed by atoms with Gasteiger partial charge in [0, 0.05) is 12.6 Å². The Morgan fingerprint density at radius 3 is 2.29 bits per heavy atom. The smallest absolute Gasteiger partial charge is 0.550 e. The van der Waals surface area contributed by atoms with Crippen LogP contribution in [-0.4, -0.2) is 17.7 Å². The maximum atomic E-state index is 10.6. The van der Waals surface area contributed by atoms with Crippen molar-refractivity contribution in [3.05, 3.63) is 0 Å². The largest absolute Gasteiger partial charge is 1.00 e. The van der Waals surface area contributed by atoms with E-state index >= 15 is 0 Å². The van der Waals surface area contributed by atoms with Crippen molar-refractivity contribution in [2.75, 3.05) is 6.61 Å². The van der Waals surface area contributed by atoms with Gasteiger partial charge >= 0.3 is 29.6 Å². The summed E-state index contributed by atoms with van der Waals surface area (Å²) in [6.07, 6.45) is 5.97. The molecule has 0 amide bonds. The van der Waals surface area contributed by atoms with Crippen LogP contribution in [0.5, 0.6) is 0 Å². The number of aliphatic carboxylic acids is 1. The zero-order valence-corrected chi connectivity index (χ0v) is 10.9. The number of carboxylic acids is 1. The number of hydrogen-bond donors (Lipinski definition) is 1. The minimum Gasteiger partial charge on any atom is -0.550 e. The van der Waals surface area contributed by atoms with Crippen LogP contribution in [0.4, 0.5) is 0 Å². The molecule has 0 aromatic carbocycles. The van der Waals surface area contributed by atoms with E-state index in [1.54, 1.807) is 0 Å². The number of aliphatic hydroxyl groups is 1. The molecule has 0 bridgehead atoms. The van der Waals surface area contributed by atoms with Crippen LogP contribution in [0.25, 0.3) is 0 Å². The Hall–Kier alpha value is 0.430. The fourth-order valence-corrected chi connectivity index (χ4v) is 2.36. The van der Waals surface area contributed by atoms with Crippen molar-refractivity contribution in [3.63, 3.8) is 0 Å². The summed E-state index contributed by atoms with van der Waals surface area (Å²) in [6, 6.07) is 0. The molecule has 4 heteroatoms. The van der Waals surface area contributed by atoms with Crippen molar-refractivity contribution >= 4 is 5.97 Å². The molecular formula is C10H17NaO3. The molecule has 0 aliphatic heterocycles. The van der Waals surface area contributed by atoms with E-state index in [0.29, 0.717) is 6.42 Å². The number of carbonyl (C=O) groups excluding carboxylic acids is 1. The standard InChI is InChI=1S/C10H18O3.Na/c11-7-6-10(8-9(12)13)4-2-1-3-5-10;/h11H,1-8H2,(H,12,13);/q;+1/p-1. The van der Waals surface area contributed by atoms with Gasteiger partial charge in [-0.05, 0) is 31.1 Å². The molecule has 0 unspecified atom stereocenters. The average Bonchev–Trinajstić information content (AvgIpc) is 2.04. The van der Waals surface area contributed by atoms with Gasteiger partial charge in [-0.25, -0.2) is 0 Å². The Balaban J connectivity index is 0.00000169. The van der Waals surface area contributed by atoms with E-state index < -0.39 is 5.97 Å². The molecule has 0 spiro atoms. The zero-order valence-electron chi connectivity index (χ0n) is 8.92. The molecule has 0 radical (unpaired) electrons. The maximum Gasteiger partial charge on any atom is 1.00 e. The van der Waals surface area contributed by atoms with Gasteiger partial charge in [0.15, 0.2) is 0 Å². The van der Waals surface area contributed by atoms with Crippen LogP contribution in [0.15, 0.2) is 0 Å². The van der Waals surface area contributed by atoms with E-state index in [1.165, 1.54) is 6.42 Å². The maximum absolute atomic E-state index is 10.6. The van der Waals surface area contributed by atoms with Crippen LogP contribution in [0.2, 0.25) is 0 Å². The number of aliphatic hydroxyl groups excluding tert-OH is 1. The van der Waals surface area contributed by atoms with Crippen molar-refractivity contribution in [3.8, 4) is 0 Å². The molecule has 1 fully saturated rings. The molecule has 1 aliphatic carbocycles. The minimum atomic E-state index is -0.977. The Labute approximate surface area is 107 Å². The van der Waals surface area contributed by atoms with E-state index in [0.717, 1.165) is 25.7 Å². The molecule has 1 aliphatic rings. The predicted octanol–water partition coefficient (Wildman–Crippen LogP) is -2.54. The van der Waals surface area contributed by atoms with E-state index in [1.807, 2.05) is 0 Å². The van der Waals surface area contributed by atoms with Gasteiger partial charge in [-0.3, -0.25) is 0 Å². The SMILES string of the molecule is O=C([O-])CC1(CCO)CCCCC1.[Na+]. The molecule has 1 saturated carbocycles. The number of rotatable bonds is 4. The average molecular weight is 208 g/mol. The summed E-state index contributed by atoms with van der Waals surface area (Å²) in [4.78, 5) is 10.6. The van der Waals surface area contributed by atoms with E-state index in [2.05, 4.69) is 0 Å². The molecule has 14 heavy (non-hydrogen) atoms. The number of carbonyl (C=O) groups is 1. The molecule has 1 N–H and O–H groups in total. The molecule has 0 aromatic heterocycles. The number of carboxylic acid groups (broad SMARTS) is 1. The van der Waals surface area contributed by atoms with Crippen LogP contribution in [-0.2, 0) is 4.79 Å². The summed E-state index contributed by atoms with van der Waals surface area (Å²) in [6.45, 7) is 0.0906. The Morgan fingerprint density at radius 2 is 1.86 bits per heavy atom. The van der Waals surface area contributed by atoms with Gasteiger partial charge in [-0.15, -0.1) is 0 Å². The minimum absolute atomic E-state index is 0. The third-order valence-corrected chi connectivity index (χ3v) is 3.08. The molecule has 1 rings (SSSR count). The second-order valence-electron chi connectivity index (χ2n) is 4.08. The van der Waals surface area contributed by atoms with Gasteiger partial charge in [0.1, 0.15) is 0 Å². The van der Waals surface area contributed by atoms with Gasteiger partial charge in [0.05, 0.1) is 0 Å². The van der Waals surface area contributed by atoms with E-state index in [9.17, 15) is 9.90 Å². The quantitative estimate of drug-likeness (QED) is 0.518. The molecule has 76 valence electrons. The van der Waals surface area contributed by atoms with Crippen LogP contribution in [0.3, 0.4) is 0 Å². The third kappa shape index (κ3) is 4.30. The second-order valence-corrected chi connectivity index (χ2v) is 4.08. The molecule has 0 aromatic rings. The van der Waals surface area contributed by atoms with Crippen molar-refractivity contribution in [2.24, 2.45) is 5.41 Å². The summed E-state index contributed by atoms with van der Waals surface area (Å²) in [5.41, 5.74) is -0.161. The monoisotopic (exact) mass is 208 g/mol. The van der Waals surface area contributed by atoms with Crippen LogP contribution in [0.1, 0.15) is 44.9 Å². The fraction of sp³-hybridized carbons (Fsp3) is 0.900.